The molecule has 2 aromatic rings. The molecular weight excluding hydrogens is 336 g/mol. The van der Waals surface area contributed by atoms with Crippen LogP contribution in [-0.4, -0.2) is 10.1 Å². The van der Waals surface area contributed by atoms with Crippen molar-refractivity contribution >= 4 is 34.2 Å². The van der Waals surface area contributed by atoms with Gasteiger partial charge in [0.2, 0.25) is 0 Å². The van der Waals surface area contributed by atoms with Crippen molar-refractivity contribution in [3.8, 4) is 0 Å². The summed E-state index contributed by atoms with van der Waals surface area (Å²) in [6.45, 7) is 0. The molecule has 0 aliphatic rings. The SMILES string of the molecule is OC(c1cccnc1)c1ccc(I)c(Cl)c1. The second kappa shape index (κ2) is 5.12. The van der Waals surface area contributed by atoms with E-state index in [-0.39, 0.29) is 0 Å². The maximum Gasteiger partial charge on any atom is 0.106 e. The van der Waals surface area contributed by atoms with E-state index in [9.17, 15) is 5.11 Å². The Kier molecular flexibility index (Phi) is 3.78. The first-order valence-corrected chi connectivity index (χ1v) is 6.17. The van der Waals surface area contributed by atoms with Gasteiger partial charge in [-0.25, -0.2) is 0 Å². The molecule has 1 atom stereocenters. The number of aliphatic hydroxyl groups excluding tert-OH is 1. The summed E-state index contributed by atoms with van der Waals surface area (Å²) in [7, 11) is 0. The van der Waals surface area contributed by atoms with Crippen LogP contribution in [-0.2, 0) is 0 Å². The topological polar surface area (TPSA) is 33.1 Å². The molecule has 0 aliphatic carbocycles. The predicted octanol–water partition coefficient (Wildman–Crippen LogP) is 3.42. The van der Waals surface area contributed by atoms with E-state index >= 15 is 0 Å². The Bertz CT molecular complexity index is 490. The highest BCUT2D eigenvalue weighted by atomic mass is 127. The van der Waals surface area contributed by atoms with Crippen LogP contribution < -0.4 is 0 Å². The standard InChI is InChI=1S/C12H9ClINO/c13-10-6-8(3-4-11(10)14)12(16)9-2-1-5-15-7-9/h1-7,12,16H. The predicted molar refractivity (Wildman–Crippen MR) is 72.5 cm³/mol. The molecule has 2 nitrogen and oxygen atoms in total. The van der Waals surface area contributed by atoms with E-state index in [1.54, 1.807) is 24.5 Å². The van der Waals surface area contributed by atoms with Gasteiger partial charge in [0.25, 0.3) is 0 Å². The van der Waals surface area contributed by atoms with Crippen molar-refractivity contribution < 1.29 is 5.11 Å². The Morgan fingerprint density at radius 2 is 2.06 bits per heavy atom. The van der Waals surface area contributed by atoms with Crippen molar-refractivity contribution in [2.75, 3.05) is 0 Å². The first-order valence-electron chi connectivity index (χ1n) is 4.71. The molecule has 0 spiro atoms. The zero-order valence-electron chi connectivity index (χ0n) is 8.27. The van der Waals surface area contributed by atoms with Crippen LogP contribution in [0.4, 0.5) is 0 Å². The summed E-state index contributed by atoms with van der Waals surface area (Å²) in [6.07, 6.45) is 2.65. The molecule has 82 valence electrons. The van der Waals surface area contributed by atoms with E-state index in [0.717, 1.165) is 14.7 Å². The van der Waals surface area contributed by atoms with Gasteiger partial charge in [0.15, 0.2) is 0 Å². The Balaban J connectivity index is 2.34. The van der Waals surface area contributed by atoms with Gasteiger partial charge in [0.1, 0.15) is 6.10 Å². The molecule has 0 saturated carbocycles. The fourth-order valence-electron chi connectivity index (χ4n) is 1.41. The lowest BCUT2D eigenvalue weighted by atomic mass is 10.0. The zero-order chi connectivity index (χ0) is 11.5. The molecule has 0 bridgehead atoms. The highest BCUT2D eigenvalue weighted by Gasteiger charge is 2.11. The molecule has 0 aliphatic heterocycles. The molecule has 1 aromatic carbocycles. The second-order valence-electron chi connectivity index (χ2n) is 3.36. The third-order valence-electron chi connectivity index (χ3n) is 2.26. The molecule has 0 radical (unpaired) electrons. The first kappa shape index (κ1) is 11.8. The molecule has 1 aromatic heterocycles. The van der Waals surface area contributed by atoms with Crippen molar-refractivity contribution in [2.24, 2.45) is 0 Å². The minimum atomic E-state index is -0.678. The lowest BCUT2D eigenvalue weighted by Crippen LogP contribution is -2.00. The average Bonchev–Trinajstić information content (AvgIpc) is 2.33. The summed E-state index contributed by atoms with van der Waals surface area (Å²) in [5.41, 5.74) is 1.54. The third kappa shape index (κ3) is 2.53. The normalized spacial score (nSPS) is 12.4. The molecule has 4 heteroatoms. The van der Waals surface area contributed by atoms with E-state index in [2.05, 4.69) is 27.6 Å². The van der Waals surface area contributed by atoms with Crippen LogP contribution in [0, 0.1) is 3.57 Å². The highest BCUT2D eigenvalue weighted by Crippen LogP contribution is 2.26. The first-order chi connectivity index (χ1) is 7.68. The van der Waals surface area contributed by atoms with Gasteiger partial charge in [-0.1, -0.05) is 23.7 Å². The van der Waals surface area contributed by atoms with Gasteiger partial charge >= 0.3 is 0 Å². The monoisotopic (exact) mass is 345 g/mol. The number of hydrogen-bond donors (Lipinski definition) is 1. The van der Waals surface area contributed by atoms with Gasteiger partial charge in [-0.3, -0.25) is 4.98 Å². The second-order valence-corrected chi connectivity index (χ2v) is 4.93. The largest absolute Gasteiger partial charge is 0.384 e. The quantitative estimate of drug-likeness (QED) is 0.846. The van der Waals surface area contributed by atoms with Gasteiger partial charge in [-0.05, 0) is 46.4 Å². The van der Waals surface area contributed by atoms with Gasteiger partial charge in [-0.2, -0.15) is 0 Å². The zero-order valence-corrected chi connectivity index (χ0v) is 11.2. The van der Waals surface area contributed by atoms with Crippen LogP contribution in [0.5, 0.6) is 0 Å². The van der Waals surface area contributed by atoms with Crippen molar-refractivity contribution in [3.63, 3.8) is 0 Å². The van der Waals surface area contributed by atoms with Crippen LogP contribution in [0.1, 0.15) is 17.2 Å². The minimum absolute atomic E-state index is 0.654. The number of aliphatic hydroxyl groups is 1. The van der Waals surface area contributed by atoms with Gasteiger partial charge in [0, 0.05) is 21.5 Å². The number of aromatic nitrogens is 1. The van der Waals surface area contributed by atoms with E-state index in [4.69, 9.17) is 11.6 Å². The fraction of sp³-hybridized carbons (Fsp3) is 0.0833. The summed E-state index contributed by atoms with van der Waals surface area (Å²) < 4.78 is 0.974. The number of pyridine rings is 1. The van der Waals surface area contributed by atoms with Crippen LogP contribution in [0.3, 0.4) is 0 Å². The van der Waals surface area contributed by atoms with Crippen molar-refractivity contribution in [1.82, 2.24) is 4.98 Å². The van der Waals surface area contributed by atoms with Gasteiger partial charge < -0.3 is 5.11 Å². The van der Waals surface area contributed by atoms with Crippen LogP contribution >= 0.6 is 34.2 Å². The van der Waals surface area contributed by atoms with Crippen molar-refractivity contribution in [1.29, 1.82) is 0 Å². The van der Waals surface area contributed by atoms with Crippen molar-refractivity contribution in [3.05, 3.63) is 62.4 Å². The highest BCUT2D eigenvalue weighted by molar-refractivity contribution is 14.1. The maximum atomic E-state index is 10.1. The molecule has 0 saturated heterocycles. The van der Waals surface area contributed by atoms with Crippen LogP contribution in [0.15, 0.2) is 42.7 Å². The van der Waals surface area contributed by atoms with E-state index in [0.29, 0.717) is 5.02 Å². The maximum absolute atomic E-state index is 10.1. The Morgan fingerprint density at radius 1 is 1.25 bits per heavy atom. The molecule has 2 rings (SSSR count). The molecule has 1 unspecified atom stereocenters. The van der Waals surface area contributed by atoms with Crippen molar-refractivity contribution in [2.45, 2.75) is 6.10 Å². The molecule has 1 N–H and O–H groups in total. The van der Waals surface area contributed by atoms with E-state index in [1.807, 2.05) is 18.2 Å². The van der Waals surface area contributed by atoms with Gasteiger partial charge in [0.05, 0.1) is 5.02 Å². The number of hydrogen-bond acceptors (Lipinski definition) is 2. The summed E-state index contributed by atoms with van der Waals surface area (Å²) in [5.74, 6) is 0. The fourth-order valence-corrected chi connectivity index (χ4v) is 1.94. The molecule has 0 amide bonds. The molecule has 1 heterocycles. The summed E-state index contributed by atoms with van der Waals surface area (Å²) in [4.78, 5) is 3.98. The van der Waals surface area contributed by atoms with Crippen LogP contribution in [0.2, 0.25) is 5.02 Å². The average molecular weight is 346 g/mol. The van der Waals surface area contributed by atoms with E-state index in [1.165, 1.54) is 0 Å². The summed E-state index contributed by atoms with van der Waals surface area (Å²) >= 11 is 8.16. The lowest BCUT2D eigenvalue weighted by Gasteiger charge is -2.11. The minimum Gasteiger partial charge on any atom is -0.384 e. The Hall–Kier alpha value is -0.650. The number of halogens is 2. The molecule has 0 fully saturated rings. The number of nitrogens with zero attached hydrogens (tertiary/aromatic N) is 1. The number of benzene rings is 1. The Morgan fingerprint density at radius 3 is 2.69 bits per heavy atom. The summed E-state index contributed by atoms with van der Waals surface area (Å²) in [5, 5.41) is 10.8. The number of rotatable bonds is 2. The van der Waals surface area contributed by atoms with Crippen LogP contribution in [0.25, 0.3) is 0 Å². The summed E-state index contributed by atoms with van der Waals surface area (Å²) in [6, 6.07) is 9.17. The smallest absolute Gasteiger partial charge is 0.106 e. The van der Waals surface area contributed by atoms with Gasteiger partial charge in [-0.15, -0.1) is 0 Å². The Labute approximate surface area is 112 Å². The molecular formula is C12H9ClINO. The van der Waals surface area contributed by atoms with E-state index < -0.39 is 6.10 Å². The molecule has 16 heavy (non-hydrogen) atoms. The third-order valence-corrected chi connectivity index (χ3v) is 3.83. The lowest BCUT2D eigenvalue weighted by molar-refractivity contribution is 0.220.